The van der Waals surface area contributed by atoms with Gasteiger partial charge in [0.05, 0.1) is 16.1 Å². The van der Waals surface area contributed by atoms with E-state index in [1.54, 1.807) is 0 Å². The van der Waals surface area contributed by atoms with Crippen LogP contribution >= 0.6 is 0 Å². The fourth-order valence-electron chi connectivity index (χ4n) is 1.25. The summed E-state index contributed by atoms with van der Waals surface area (Å²) in [6, 6.07) is 0.894. The molecular weight excluding hydrogens is 246 g/mol. The summed E-state index contributed by atoms with van der Waals surface area (Å²) >= 11 is 0. The summed E-state index contributed by atoms with van der Waals surface area (Å²) < 4.78 is 50.2. The van der Waals surface area contributed by atoms with Crippen molar-refractivity contribution < 1.29 is 27.3 Å². The molecule has 0 atom stereocenters. The molecule has 0 aromatic heterocycles. The molecule has 0 saturated carbocycles. The van der Waals surface area contributed by atoms with Crippen LogP contribution < -0.4 is 0 Å². The number of carbonyl (C=O) groups excluding carboxylic acids is 1. The SMILES string of the molecule is CC(=O)c1ccc(C(F)(F)F)c(F)c1[N+](=O)[O-]. The van der Waals surface area contributed by atoms with Crippen molar-refractivity contribution in [3.8, 4) is 0 Å². The molecule has 0 fully saturated rings. The summed E-state index contributed by atoms with van der Waals surface area (Å²) in [5, 5.41) is 10.5. The summed E-state index contributed by atoms with van der Waals surface area (Å²) in [5.74, 6) is -2.93. The third-order valence-electron chi connectivity index (χ3n) is 1.98. The average molecular weight is 251 g/mol. The lowest BCUT2D eigenvalue weighted by molar-refractivity contribution is -0.388. The van der Waals surface area contributed by atoms with Crippen LogP contribution in [0.4, 0.5) is 23.2 Å². The van der Waals surface area contributed by atoms with E-state index in [0.29, 0.717) is 12.1 Å². The van der Waals surface area contributed by atoms with Gasteiger partial charge in [0.25, 0.3) is 0 Å². The van der Waals surface area contributed by atoms with Crippen molar-refractivity contribution in [2.45, 2.75) is 13.1 Å². The highest BCUT2D eigenvalue weighted by molar-refractivity contribution is 5.98. The minimum absolute atomic E-state index is 0.305. The molecule has 0 aliphatic rings. The Bertz CT molecular complexity index is 496. The van der Waals surface area contributed by atoms with E-state index in [1.165, 1.54) is 0 Å². The number of ketones is 1. The minimum atomic E-state index is -5.05. The van der Waals surface area contributed by atoms with E-state index in [1.807, 2.05) is 0 Å². The molecule has 1 aromatic carbocycles. The predicted molar refractivity (Wildman–Crippen MR) is 48.1 cm³/mol. The van der Waals surface area contributed by atoms with Gasteiger partial charge in [-0.2, -0.15) is 17.6 Å². The van der Waals surface area contributed by atoms with Crippen LogP contribution in [0.15, 0.2) is 12.1 Å². The van der Waals surface area contributed by atoms with E-state index < -0.39 is 39.5 Å². The molecule has 0 aliphatic carbocycles. The zero-order valence-electron chi connectivity index (χ0n) is 8.34. The second kappa shape index (κ2) is 4.11. The maximum Gasteiger partial charge on any atom is 0.419 e. The summed E-state index contributed by atoms with van der Waals surface area (Å²) in [7, 11) is 0. The molecule has 0 saturated heterocycles. The molecule has 0 aliphatic heterocycles. The minimum Gasteiger partial charge on any atom is -0.294 e. The molecule has 1 aromatic rings. The maximum absolute atomic E-state index is 13.3. The Morgan fingerprint density at radius 1 is 1.35 bits per heavy atom. The lowest BCUT2D eigenvalue weighted by Gasteiger charge is -2.09. The Labute approximate surface area is 92.0 Å². The zero-order valence-corrected chi connectivity index (χ0v) is 8.34. The molecule has 0 heterocycles. The standard InChI is InChI=1S/C9H5F4NO3/c1-4(15)5-2-3-6(9(11,12)13)7(10)8(5)14(16)17/h2-3H,1H3. The number of alkyl halides is 3. The Balaban J connectivity index is 3.61. The van der Waals surface area contributed by atoms with Crippen LogP contribution in [-0.2, 0) is 6.18 Å². The highest BCUT2D eigenvalue weighted by Gasteiger charge is 2.39. The fraction of sp³-hybridized carbons (Fsp3) is 0.222. The molecule has 1 rings (SSSR count). The van der Waals surface area contributed by atoms with Gasteiger partial charge in [-0.1, -0.05) is 0 Å². The van der Waals surface area contributed by atoms with Crippen LogP contribution in [-0.4, -0.2) is 10.7 Å². The number of carbonyl (C=O) groups is 1. The molecule has 92 valence electrons. The number of nitrogens with zero attached hydrogens (tertiary/aromatic N) is 1. The number of hydrogen-bond donors (Lipinski definition) is 0. The van der Waals surface area contributed by atoms with E-state index >= 15 is 0 Å². The maximum atomic E-state index is 13.3. The second-order valence-electron chi connectivity index (χ2n) is 3.13. The smallest absolute Gasteiger partial charge is 0.294 e. The first-order valence-electron chi connectivity index (χ1n) is 4.21. The van der Waals surface area contributed by atoms with Crippen molar-refractivity contribution >= 4 is 11.5 Å². The van der Waals surface area contributed by atoms with Crippen LogP contribution in [0.1, 0.15) is 22.8 Å². The first-order chi connectivity index (χ1) is 7.66. The van der Waals surface area contributed by atoms with Gasteiger partial charge in [0.1, 0.15) is 0 Å². The van der Waals surface area contributed by atoms with Crippen LogP contribution in [0, 0.1) is 15.9 Å². The first kappa shape index (κ1) is 13.1. The molecule has 4 nitrogen and oxygen atoms in total. The summed E-state index contributed by atoms with van der Waals surface area (Å²) in [6.07, 6.45) is -5.05. The highest BCUT2D eigenvalue weighted by atomic mass is 19.4. The molecule has 0 N–H and O–H groups in total. The monoisotopic (exact) mass is 251 g/mol. The molecular formula is C9H5F4NO3. The van der Waals surface area contributed by atoms with Gasteiger partial charge in [0.2, 0.25) is 5.82 Å². The first-order valence-corrected chi connectivity index (χ1v) is 4.21. The van der Waals surface area contributed by atoms with Crippen molar-refractivity contribution in [1.29, 1.82) is 0 Å². The Morgan fingerprint density at radius 2 is 1.88 bits per heavy atom. The summed E-state index contributed by atoms with van der Waals surface area (Å²) in [4.78, 5) is 20.1. The van der Waals surface area contributed by atoms with Gasteiger partial charge in [0, 0.05) is 0 Å². The summed E-state index contributed by atoms with van der Waals surface area (Å²) in [5.41, 5.74) is -3.91. The van der Waals surface area contributed by atoms with Gasteiger partial charge in [-0.15, -0.1) is 0 Å². The molecule has 0 unspecified atom stereocenters. The van der Waals surface area contributed by atoms with Gasteiger partial charge in [-0.05, 0) is 19.1 Å². The highest BCUT2D eigenvalue weighted by Crippen LogP contribution is 2.36. The molecule has 0 spiro atoms. The molecule has 8 heteroatoms. The van der Waals surface area contributed by atoms with Gasteiger partial charge >= 0.3 is 11.9 Å². The van der Waals surface area contributed by atoms with Crippen molar-refractivity contribution in [2.24, 2.45) is 0 Å². The normalized spacial score (nSPS) is 11.4. The lowest BCUT2D eigenvalue weighted by Crippen LogP contribution is -2.12. The average Bonchev–Trinajstić information content (AvgIpc) is 2.13. The van der Waals surface area contributed by atoms with Gasteiger partial charge in [0.15, 0.2) is 5.78 Å². The Kier molecular flexibility index (Phi) is 3.16. The van der Waals surface area contributed by atoms with Crippen molar-refractivity contribution in [3.63, 3.8) is 0 Å². The molecule has 17 heavy (non-hydrogen) atoms. The topological polar surface area (TPSA) is 60.2 Å². The van der Waals surface area contributed by atoms with E-state index in [4.69, 9.17) is 0 Å². The number of nitro benzene ring substituents is 1. The molecule has 0 amide bonds. The quantitative estimate of drug-likeness (QED) is 0.351. The van der Waals surface area contributed by atoms with Gasteiger partial charge < -0.3 is 0 Å². The van der Waals surface area contributed by atoms with Crippen LogP contribution in [0.5, 0.6) is 0 Å². The number of hydrogen-bond acceptors (Lipinski definition) is 3. The zero-order chi connectivity index (χ0) is 13.4. The fourth-order valence-corrected chi connectivity index (χ4v) is 1.25. The second-order valence-corrected chi connectivity index (χ2v) is 3.13. The largest absolute Gasteiger partial charge is 0.419 e. The third kappa shape index (κ3) is 2.40. The van der Waals surface area contributed by atoms with E-state index in [9.17, 15) is 32.5 Å². The van der Waals surface area contributed by atoms with Crippen molar-refractivity contribution in [2.75, 3.05) is 0 Å². The number of nitro groups is 1. The number of Topliss-reactive ketones (excluding diaryl/α,β-unsaturated/α-hetero) is 1. The molecule has 0 bridgehead atoms. The van der Waals surface area contributed by atoms with E-state index in [-0.39, 0.29) is 0 Å². The van der Waals surface area contributed by atoms with Gasteiger partial charge in [-0.3, -0.25) is 14.9 Å². The molecule has 0 radical (unpaired) electrons. The Morgan fingerprint density at radius 3 is 2.24 bits per heavy atom. The number of benzene rings is 1. The number of halogens is 4. The summed E-state index contributed by atoms with van der Waals surface area (Å²) in [6.45, 7) is 0.898. The predicted octanol–water partition coefficient (Wildman–Crippen LogP) is 2.96. The van der Waals surface area contributed by atoms with Crippen molar-refractivity contribution in [3.05, 3.63) is 39.2 Å². The van der Waals surface area contributed by atoms with E-state index in [0.717, 1.165) is 6.92 Å². The van der Waals surface area contributed by atoms with Crippen molar-refractivity contribution in [1.82, 2.24) is 0 Å². The number of rotatable bonds is 2. The third-order valence-corrected chi connectivity index (χ3v) is 1.98. The van der Waals surface area contributed by atoms with Crippen LogP contribution in [0.25, 0.3) is 0 Å². The van der Waals surface area contributed by atoms with E-state index in [2.05, 4.69) is 0 Å². The lowest BCUT2D eigenvalue weighted by atomic mass is 10.1. The van der Waals surface area contributed by atoms with Gasteiger partial charge in [-0.25, -0.2) is 0 Å². The van der Waals surface area contributed by atoms with Crippen LogP contribution in [0.2, 0.25) is 0 Å². The van der Waals surface area contributed by atoms with Crippen LogP contribution in [0.3, 0.4) is 0 Å². The Hall–Kier alpha value is -1.99.